The molecule has 9 nitrogen and oxygen atoms in total. The van der Waals surface area contributed by atoms with Crippen LogP contribution in [-0.2, 0) is 15.4 Å². The summed E-state index contributed by atoms with van der Waals surface area (Å²) in [6, 6.07) is 2.33. The van der Waals surface area contributed by atoms with E-state index in [1.807, 2.05) is 13.8 Å². The van der Waals surface area contributed by atoms with Crippen molar-refractivity contribution in [3.63, 3.8) is 0 Å². The summed E-state index contributed by atoms with van der Waals surface area (Å²) in [5.74, 6) is -0.499. The number of hydrogen-bond donors (Lipinski definition) is 3. The number of nitrogens with zero attached hydrogens (tertiary/aromatic N) is 4. The minimum Gasteiger partial charge on any atom is -0.390 e. The van der Waals surface area contributed by atoms with Crippen molar-refractivity contribution in [2.45, 2.75) is 57.9 Å². The van der Waals surface area contributed by atoms with Crippen LogP contribution in [0.5, 0.6) is 0 Å². The Hall–Kier alpha value is -2.34. The molecule has 2 aromatic heterocycles. The largest absolute Gasteiger partial charge is 0.390 e. The summed E-state index contributed by atoms with van der Waals surface area (Å²) in [6.45, 7) is 7.01. The van der Waals surface area contributed by atoms with E-state index in [1.165, 1.54) is 12.3 Å². The molecule has 34 heavy (non-hydrogen) atoms. The van der Waals surface area contributed by atoms with E-state index >= 15 is 4.39 Å². The van der Waals surface area contributed by atoms with Crippen LogP contribution in [0.15, 0.2) is 18.3 Å². The molecule has 4 rings (SSSR count). The summed E-state index contributed by atoms with van der Waals surface area (Å²) in [4.78, 5) is 12.9. The lowest BCUT2D eigenvalue weighted by Crippen LogP contribution is -2.45. The number of benzene rings is 1. The molecule has 1 saturated heterocycles. The van der Waals surface area contributed by atoms with Gasteiger partial charge in [-0.15, -0.1) is 0 Å². The zero-order chi connectivity index (χ0) is 25.0. The summed E-state index contributed by atoms with van der Waals surface area (Å²) in [5.41, 5.74) is -0.0206. The molecule has 0 spiro atoms. The maximum absolute atomic E-state index is 15.2. The first-order valence-corrected chi connectivity index (χ1v) is 13.1. The van der Waals surface area contributed by atoms with Crippen molar-refractivity contribution < 1.29 is 23.0 Å². The molecule has 3 N–H and O–H groups in total. The summed E-state index contributed by atoms with van der Waals surface area (Å²) >= 11 is 6.36. The fraction of sp³-hybridized carbons (Fsp3) is 0.500. The summed E-state index contributed by atoms with van der Waals surface area (Å²) in [7, 11) is -3.28. The van der Waals surface area contributed by atoms with Gasteiger partial charge in [0.2, 0.25) is 5.95 Å². The van der Waals surface area contributed by atoms with Crippen LogP contribution in [0, 0.1) is 5.82 Å². The molecule has 1 aliphatic rings. The summed E-state index contributed by atoms with van der Waals surface area (Å²) in [5, 5.41) is 23.9. The Morgan fingerprint density at radius 1 is 1.29 bits per heavy atom. The molecule has 0 amide bonds. The average Bonchev–Trinajstić information content (AvgIpc) is 3.12. The third kappa shape index (κ3) is 4.74. The minimum atomic E-state index is -3.28. The van der Waals surface area contributed by atoms with E-state index in [4.69, 9.17) is 11.6 Å². The van der Waals surface area contributed by atoms with Crippen LogP contribution in [0.2, 0.25) is 5.02 Å². The highest BCUT2D eigenvalue weighted by atomic mass is 35.5. The van der Waals surface area contributed by atoms with Crippen molar-refractivity contribution >= 4 is 38.4 Å². The minimum absolute atomic E-state index is 0.0488. The Labute approximate surface area is 201 Å². The maximum atomic E-state index is 15.2. The molecule has 0 saturated carbocycles. The second kappa shape index (κ2) is 8.71. The van der Waals surface area contributed by atoms with E-state index in [-0.39, 0.29) is 46.1 Å². The van der Waals surface area contributed by atoms with Gasteiger partial charge < -0.3 is 20.1 Å². The van der Waals surface area contributed by atoms with Crippen molar-refractivity contribution in [3.05, 3.63) is 35.0 Å². The maximum Gasteiger partial charge on any atom is 0.223 e. The van der Waals surface area contributed by atoms with E-state index < -0.39 is 33.4 Å². The smallest absolute Gasteiger partial charge is 0.223 e. The van der Waals surface area contributed by atoms with Gasteiger partial charge in [-0.25, -0.2) is 27.8 Å². The van der Waals surface area contributed by atoms with Crippen LogP contribution < -0.4 is 5.32 Å². The monoisotopic (exact) mass is 511 g/mol. The number of nitrogens with one attached hydrogen (secondary N) is 1. The molecule has 3 heterocycles. The van der Waals surface area contributed by atoms with Gasteiger partial charge in [0.15, 0.2) is 15.7 Å². The Morgan fingerprint density at radius 3 is 2.62 bits per heavy atom. The van der Waals surface area contributed by atoms with E-state index in [1.54, 1.807) is 24.5 Å². The zero-order valence-corrected chi connectivity index (χ0v) is 20.8. The van der Waals surface area contributed by atoms with E-state index in [2.05, 4.69) is 20.3 Å². The van der Waals surface area contributed by atoms with E-state index in [0.29, 0.717) is 16.9 Å². The Kier molecular flexibility index (Phi) is 6.34. The first-order chi connectivity index (χ1) is 15.8. The van der Waals surface area contributed by atoms with Crippen LogP contribution >= 0.6 is 11.6 Å². The first-order valence-electron chi connectivity index (χ1n) is 10.9. The number of anilines is 1. The number of fused-ring (bicyclic) bond motifs is 1. The molecule has 1 aliphatic heterocycles. The normalized spacial score (nSPS) is 20.7. The summed E-state index contributed by atoms with van der Waals surface area (Å²) < 4.78 is 40.4. The van der Waals surface area contributed by atoms with Crippen LogP contribution in [0.1, 0.15) is 46.0 Å². The second-order valence-corrected chi connectivity index (χ2v) is 12.0. The molecule has 184 valence electrons. The Morgan fingerprint density at radius 2 is 2.00 bits per heavy atom. The number of rotatable bonds is 5. The van der Waals surface area contributed by atoms with Gasteiger partial charge in [0, 0.05) is 11.6 Å². The van der Waals surface area contributed by atoms with Crippen LogP contribution in [0.25, 0.3) is 22.3 Å². The molecule has 0 radical (unpaired) electrons. The Bertz CT molecular complexity index is 1350. The van der Waals surface area contributed by atoms with E-state index in [9.17, 15) is 18.6 Å². The zero-order valence-electron chi connectivity index (χ0n) is 19.2. The predicted molar refractivity (Wildman–Crippen MR) is 128 cm³/mol. The number of aromatic nitrogens is 4. The summed E-state index contributed by atoms with van der Waals surface area (Å²) in [6.07, 6.45) is 0.469. The van der Waals surface area contributed by atoms with Gasteiger partial charge in [-0.2, -0.15) is 0 Å². The number of hydrogen-bond acceptors (Lipinski definition) is 8. The fourth-order valence-electron chi connectivity index (χ4n) is 4.18. The van der Waals surface area contributed by atoms with Gasteiger partial charge in [-0.3, -0.25) is 0 Å². The Balaban J connectivity index is 1.77. The lowest BCUT2D eigenvalue weighted by atomic mass is 10.1. The van der Waals surface area contributed by atoms with Gasteiger partial charge in [0.25, 0.3) is 0 Å². The number of halogens is 2. The molecule has 0 aliphatic carbocycles. The van der Waals surface area contributed by atoms with Crippen molar-refractivity contribution in [1.82, 2.24) is 19.5 Å². The molecule has 12 heteroatoms. The third-order valence-electron chi connectivity index (χ3n) is 5.77. The van der Waals surface area contributed by atoms with Gasteiger partial charge in [0.1, 0.15) is 16.9 Å². The molecular weight excluding hydrogens is 485 g/mol. The molecule has 2 atom stereocenters. The predicted octanol–water partition coefficient (Wildman–Crippen LogP) is 3.05. The van der Waals surface area contributed by atoms with Crippen molar-refractivity contribution in [2.75, 3.05) is 16.8 Å². The quantitative estimate of drug-likeness (QED) is 0.476. The highest BCUT2D eigenvalue weighted by molar-refractivity contribution is 7.91. The van der Waals surface area contributed by atoms with Gasteiger partial charge in [-0.1, -0.05) is 11.6 Å². The second-order valence-electron chi connectivity index (χ2n) is 9.40. The van der Waals surface area contributed by atoms with Crippen molar-refractivity contribution in [1.29, 1.82) is 0 Å². The molecule has 1 fully saturated rings. The van der Waals surface area contributed by atoms with Crippen LogP contribution in [0.4, 0.5) is 10.3 Å². The first kappa shape index (κ1) is 24.8. The fourth-order valence-corrected chi connectivity index (χ4v) is 5.91. The highest BCUT2D eigenvalue weighted by Crippen LogP contribution is 2.34. The lowest BCUT2D eigenvalue weighted by Gasteiger charge is -2.28. The lowest BCUT2D eigenvalue weighted by molar-refractivity contribution is 0.0641. The topological polar surface area (TPSA) is 130 Å². The van der Waals surface area contributed by atoms with Crippen LogP contribution in [0.3, 0.4) is 0 Å². The number of aliphatic hydroxyl groups excluding tert-OH is 1. The van der Waals surface area contributed by atoms with Gasteiger partial charge in [0.05, 0.1) is 46.1 Å². The molecule has 1 aromatic carbocycles. The number of aliphatic hydroxyl groups is 2. The average molecular weight is 512 g/mol. The van der Waals surface area contributed by atoms with E-state index in [0.717, 1.165) is 0 Å². The molecule has 0 unspecified atom stereocenters. The standard InChI is InChI=1S/C22H27ClFN5O4S/c1-11(2)29-16-8-12(7-14(24)19(16)27-20(29)22(3,4)31)18-13(23)9-25-21(28-18)26-15-5-6-34(32,33)10-17(15)30/h7-9,11,15,17,30-31H,5-6,10H2,1-4H3,(H,25,26,28)/t15-,17-/m1/s1. The van der Waals surface area contributed by atoms with Crippen molar-refractivity contribution in [3.8, 4) is 11.3 Å². The molecule has 3 aromatic rings. The number of imidazole rings is 1. The third-order valence-corrected chi connectivity index (χ3v) is 7.76. The number of sulfone groups is 1. The molecular formula is C22H27ClFN5O4S. The van der Waals surface area contributed by atoms with Crippen molar-refractivity contribution in [2.24, 2.45) is 0 Å². The SMILES string of the molecule is CC(C)n1c(C(C)(C)O)nc2c(F)cc(-c3nc(N[C@@H]4CCS(=O)(=O)C[C@H]4O)ncc3Cl)cc21. The van der Waals surface area contributed by atoms with Crippen LogP contribution in [-0.4, -0.2) is 61.8 Å². The van der Waals surface area contributed by atoms with Gasteiger partial charge in [-0.05, 0) is 46.2 Å². The highest BCUT2D eigenvalue weighted by Gasteiger charge is 2.32. The molecule has 0 bridgehead atoms. The van der Waals surface area contributed by atoms with Gasteiger partial charge >= 0.3 is 0 Å².